The van der Waals surface area contributed by atoms with Gasteiger partial charge in [-0.05, 0) is 36.3 Å². The van der Waals surface area contributed by atoms with Crippen molar-refractivity contribution in [1.82, 2.24) is 5.32 Å². The van der Waals surface area contributed by atoms with Gasteiger partial charge in [0.1, 0.15) is 5.70 Å². The SMILES string of the molecule is CCc1ccccc1N1C(=O)/C(=C\c2c(F)c(F)c(F)c(F)c2F)NC1=S. The molecule has 9 heteroatoms. The minimum absolute atomic E-state index is 0.0731. The third-order valence-corrected chi connectivity index (χ3v) is 4.31. The summed E-state index contributed by atoms with van der Waals surface area (Å²) in [5.74, 6) is -11.3. The van der Waals surface area contributed by atoms with E-state index < -0.39 is 46.3 Å². The Morgan fingerprint density at radius 1 is 1.00 bits per heavy atom. The molecule has 3 rings (SSSR count). The van der Waals surface area contributed by atoms with Crippen LogP contribution >= 0.6 is 12.2 Å². The van der Waals surface area contributed by atoms with Crippen molar-refractivity contribution in [2.45, 2.75) is 13.3 Å². The Morgan fingerprint density at radius 3 is 2.15 bits per heavy atom. The Hall–Kier alpha value is -2.81. The highest BCUT2D eigenvalue weighted by Gasteiger charge is 2.34. The van der Waals surface area contributed by atoms with Crippen molar-refractivity contribution in [2.75, 3.05) is 4.90 Å². The lowest BCUT2D eigenvalue weighted by molar-refractivity contribution is -0.113. The molecule has 2 aromatic rings. The van der Waals surface area contributed by atoms with Crippen LogP contribution in [0.25, 0.3) is 6.08 Å². The van der Waals surface area contributed by atoms with Gasteiger partial charge in [0.25, 0.3) is 5.91 Å². The molecule has 27 heavy (non-hydrogen) atoms. The van der Waals surface area contributed by atoms with Crippen molar-refractivity contribution in [2.24, 2.45) is 0 Å². The first kappa shape index (κ1) is 19.0. The average molecular weight is 398 g/mol. The molecule has 1 aliphatic rings. The van der Waals surface area contributed by atoms with Gasteiger partial charge in [-0.2, -0.15) is 0 Å². The molecule has 0 atom stereocenters. The molecule has 0 bridgehead atoms. The van der Waals surface area contributed by atoms with Crippen LogP contribution in [0.2, 0.25) is 0 Å². The van der Waals surface area contributed by atoms with E-state index in [2.05, 4.69) is 5.32 Å². The predicted molar refractivity (Wildman–Crippen MR) is 93.2 cm³/mol. The lowest BCUT2D eigenvalue weighted by Crippen LogP contribution is -2.31. The number of para-hydroxylation sites is 1. The summed E-state index contributed by atoms with van der Waals surface area (Å²) in [4.78, 5) is 13.8. The van der Waals surface area contributed by atoms with Crippen molar-refractivity contribution in [1.29, 1.82) is 0 Å². The van der Waals surface area contributed by atoms with E-state index in [-0.39, 0.29) is 5.11 Å². The molecule has 1 amide bonds. The minimum atomic E-state index is -2.27. The molecule has 2 aromatic carbocycles. The number of anilines is 1. The monoisotopic (exact) mass is 398 g/mol. The summed E-state index contributed by atoms with van der Waals surface area (Å²) < 4.78 is 67.6. The molecule has 1 N–H and O–H groups in total. The smallest absolute Gasteiger partial charge is 0.281 e. The molecule has 0 unspecified atom stereocenters. The number of thiocarbonyl (C=S) groups is 1. The van der Waals surface area contributed by atoms with Gasteiger partial charge in [0, 0.05) is 0 Å². The highest BCUT2D eigenvalue weighted by molar-refractivity contribution is 7.80. The molecule has 0 aromatic heterocycles. The number of aryl methyl sites for hydroxylation is 1. The van der Waals surface area contributed by atoms with Gasteiger partial charge in [0.05, 0.1) is 11.3 Å². The first-order chi connectivity index (χ1) is 12.8. The lowest BCUT2D eigenvalue weighted by Gasteiger charge is -2.17. The largest absolute Gasteiger partial charge is 0.327 e. The summed E-state index contributed by atoms with van der Waals surface area (Å²) in [6.07, 6.45) is 1.14. The van der Waals surface area contributed by atoms with Crippen LogP contribution in [-0.4, -0.2) is 11.0 Å². The summed E-state index contributed by atoms with van der Waals surface area (Å²) >= 11 is 5.10. The van der Waals surface area contributed by atoms with E-state index in [1.165, 1.54) is 0 Å². The number of halogens is 5. The minimum Gasteiger partial charge on any atom is -0.327 e. The van der Waals surface area contributed by atoms with E-state index in [1.54, 1.807) is 24.3 Å². The first-order valence-electron chi connectivity index (χ1n) is 7.74. The fourth-order valence-corrected chi connectivity index (χ4v) is 2.97. The maximum absolute atomic E-state index is 13.9. The number of carbonyl (C=O) groups excluding carboxylic acids is 1. The molecule has 140 valence electrons. The molecule has 3 nitrogen and oxygen atoms in total. The molecule has 0 aliphatic carbocycles. The number of carbonyl (C=O) groups is 1. The number of benzene rings is 2. The number of hydrogen-bond donors (Lipinski definition) is 1. The van der Waals surface area contributed by atoms with E-state index in [4.69, 9.17) is 12.2 Å². The van der Waals surface area contributed by atoms with E-state index in [9.17, 15) is 26.7 Å². The predicted octanol–water partition coefficient (Wildman–Crippen LogP) is 4.21. The summed E-state index contributed by atoms with van der Waals surface area (Å²) in [5, 5.41) is 2.38. The van der Waals surface area contributed by atoms with Gasteiger partial charge >= 0.3 is 0 Å². The molecule has 1 aliphatic heterocycles. The molecular weight excluding hydrogens is 387 g/mol. The van der Waals surface area contributed by atoms with Gasteiger partial charge in [0.2, 0.25) is 5.82 Å². The fourth-order valence-electron chi connectivity index (χ4n) is 2.67. The number of hydrogen-bond acceptors (Lipinski definition) is 2. The molecule has 0 saturated carbocycles. The number of rotatable bonds is 3. The zero-order valence-corrected chi connectivity index (χ0v) is 14.6. The second kappa shape index (κ2) is 7.07. The van der Waals surface area contributed by atoms with E-state index in [0.29, 0.717) is 18.2 Å². The van der Waals surface area contributed by atoms with Crippen LogP contribution in [-0.2, 0) is 11.2 Å². The van der Waals surface area contributed by atoms with Crippen LogP contribution in [0, 0.1) is 29.1 Å². The average Bonchev–Trinajstić information content (AvgIpc) is 2.95. The fraction of sp³-hybridized carbons (Fsp3) is 0.111. The zero-order valence-electron chi connectivity index (χ0n) is 13.7. The maximum Gasteiger partial charge on any atom is 0.281 e. The van der Waals surface area contributed by atoms with Crippen LogP contribution in [0.1, 0.15) is 18.1 Å². The van der Waals surface area contributed by atoms with Gasteiger partial charge in [-0.1, -0.05) is 25.1 Å². The summed E-state index contributed by atoms with van der Waals surface area (Å²) in [6.45, 7) is 1.86. The standard InChI is InChI=1S/C18H11F5N2OS/c1-2-8-5-3-4-6-11(8)25-17(26)10(24-18(25)27)7-9-12(19)14(21)16(23)15(22)13(9)20/h3-7H,2H2,1H3,(H,24,27)/b10-7+. The summed E-state index contributed by atoms with van der Waals surface area (Å²) in [6, 6.07) is 6.85. The molecule has 1 fully saturated rings. The van der Waals surface area contributed by atoms with Crippen LogP contribution in [0.3, 0.4) is 0 Å². The van der Waals surface area contributed by atoms with Gasteiger partial charge in [-0.25, -0.2) is 22.0 Å². The van der Waals surface area contributed by atoms with Crippen LogP contribution in [0.5, 0.6) is 0 Å². The van der Waals surface area contributed by atoms with Crippen molar-refractivity contribution in [3.8, 4) is 0 Å². The lowest BCUT2D eigenvalue weighted by atomic mass is 10.1. The van der Waals surface area contributed by atoms with Gasteiger partial charge in [-0.3, -0.25) is 9.69 Å². The molecule has 0 radical (unpaired) electrons. The Balaban J connectivity index is 2.09. The van der Waals surface area contributed by atoms with E-state index in [1.807, 2.05) is 6.92 Å². The van der Waals surface area contributed by atoms with Crippen LogP contribution < -0.4 is 10.2 Å². The zero-order chi connectivity index (χ0) is 19.9. The third kappa shape index (κ3) is 3.08. The molecule has 1 heterocycles. The Kier molecular flexibility index (Phi) is 4.97. The second-order valence-electron chi connectivity index (χ2n) is 5.59. The van der Waals surface area contributed by atoms with E-state index >= 15 is 0 Å². The van der Waals surface area contributed by atoms with Crippen molar-refractivity contribution in [3.63, 3.8) is 0 Å². The van der Waals surface area contributed by atoms with Crippen molar-refractivity contribution < 1.29 is 26.7 Å². The number of amides is 1. The van der Waals surface area contributed by atoms with Gasteiger partial charge in [-0.15, -0.1) is 0 Å². The van der Waals surface area contributed by atoms with Gasteiger partial charge < -0.3 is 5.32 Å². The van der Waals surface area contributed by atoms with Crippen LogP contribution in [0.4, 0.5) is 27.6 Å². The summed E-state index contributed by atoms with van der Waals surface area (Å²) in [7, 11) is 0. The normalized spacial score (nSPS) is 15.6. The number of nitrogens with one attached hydrogen (secondary N) is 1. The van der Waals surface area contributed by atoms with E-state index in [0.717, 1.165) is 10.5 Å². The molecular formula is C18H11F5N2OS. The Morgan fingerprint density at radius 2 is 1.56 bits per heavy atom. The third-order valence-electron chi connectivity index (χ3n) is 4.02. The molecule has 1 saturated heterocycles. The topological polar surface area (TPSA) is 32.3 Å². The van der Waals surface area contributed by atoms with Crippen molar-refractivity contribution in [3.05, 3.63) is 70.2 Å². The Bertz CT molecular complexity index is 976. The maximum atomic E-state index is 13.9. The highest BCUT2D eigenvalue weighted by Crippen LogP contribution is 2.29. The van der Waals surface area contributed by atoms with Crippen molar-refractivity contribution >= 4 is 35.0 Å². The number of nitrogens with zero attached hydrogens (tertiary/aromatic N) is 1. The summed E-state index contributed by atoms with van der Waals surface area (Å²) in [5.41, 5.74) is -0.388. The highest BCUT2D eigenvalue weighted by atomic mass is 32.1. The Labute approximate surface area is 156 Å². The quantitative estimate of drug-likeness (QED) is 0.277. The first-order valence-corrected chi connectivity index (χ1v) is 8.15. The second-order valence-corrected chi connectivity index (χ2v) is 5.98. The van der Waals surface area contributed by atoms with Crippen LogP contribution in [0.15, 0.2) is 30.0 Å². The van der Waals surface area contributed by atoms with Gasteiger partial charge in [0.15, 0.2) is 28.4 Å². The molecule has 0 spiro atoms.